The fraction of sp³-hybridized carbons (Fsp3) is 0.333. The Morgan fingerprint density at radius 2 is 2.25 bits per heavy atom. The normalized spacial score (nSPS) is 10.3. The zero-order valence-corrected chi connectivity index (χ0v) is 12.0. The molecule has 0 aliphatic carbocycles. The third kappa shape index (κ3) is 3.24. The van der Waals surface area contributed by atoms with E-state index in [4.69, 9.17) is 11.6 Å². The van der Waals surface area contributed by atoms with Gasteiger partial charge in [-0.3, -0.25) is 10.1 Å². The van der Waals surface area contributed by atoms with E-state index in [1.165, 1.54) is 17.2 Å². The first-order valence-electron chi connectivity index (χ1n) is 6.16. The van der Waals surface area contributed by atoms with Crippen LogP contribution in [0.2, 0.25) is 5.02 Å². The topological polar surface area (TPSA) is 84.7 Å². The Labute approximate surface area is 121 Å². The standard InChI is InChI=1S/C12H15ClN6O/c1-3-4-14-10-9(13)5-8(6-15-10)11(20)18-12-16-7-17-19(12)2/h5-7H,3-4H2,1-2H3,(H,14,15)(H,16,17,18,20). The molecule has 0 atom stereocenters. The summed E-state index contributed by atoms with van der Waals surface area (Å²) in [6.07, 6.45) is 3.79. The summed E-state index contributed by atoms with van der Waals surface area (Å²) in [5.74, 6) is 0.598. The Kier molecular flexibility index (Phi) is 4.52. The highest BCUT2D eigenvalue weighted by Crippen LogP contribution is 2.20. The van der Waals surface area contributed by atoms with Crippen molar-refractivity contribution in [2.24, 2.45) is 7.05 Å². The molecule has 0 aliphatic rings. The van der Waals surface area contributed by atoms with Gasteiger partial charge in [-0.15, -0.1) is 0 Å². The Hall–Kier alpha value is -2.15. The number of aryl methyl sites for hydroxylation is 1. The molecule has 20 heavy (non-hydrogen) atoms. The average molecular weight is 295 g/mol. The number of aromatic nitrogens is 4. The van der Waals surface area contributed by atoms with Crippen LogP contribution in [-0.2, 0) is 7.05 Å². The number of pyridine rings is 1. The number of hydrogen-bond donors (Lipinski definition) is 2. The van der Waals surface area contributed by atoms with Gasteiger partial charge in [-0.25, -0.2) is 9.67 Å². The van der Waals surface area contributed by atoms with Gasteiger partial charge >= 0.3 is 0 Å². The molecule has 2 heterocycles. The zero-order valence-electron chi connectivity index (χ0n) is 11.2. The third-order valence-corrected chi connectivity index (χ3v) is 2.87. The molecule has 0 spiro atoms. The summed E-state index contributed by atoms with van der Waals surface area (Å²) >= 11 is 6.08. The maximum atomic E-state index is 12.0. The van der Waals surface area contributed by atoms with E-state index in [0.29, 0.717) is 22.4 Å². The molecule has 0 unspecified atom stereocenters. The molecule has 0 aliphatic heterocycles. The number of nitrogens with one attached hydrogen (secondary N) is 2. The molecule has 0 bridgehead atoms. The quantitative estimate of drug-likeness (QED) is 0.880. The number of hydrogen-bond acceptors (Lipinski definition) is 5. The van der Waals surface area contributed by atoms with Crippen LogP contribution in [0.25, 0.3) is 0 Å². The summed E-state index contributed by atoms with van der Waals surface area (Å²) in [6, 6.07) is 1.57. The van der Waals surface area contributed by atoms with Crippen molar-refractivity contribution in [3.8, 4) is 0 Å². The summed E-state index contributed by atoms with van der Waals surface area (Å²) in [5.41, 5.74) is 0.361. The summed E-state index contributed by atoms with van der Waals surface area (Å²) in [4.78, 5) is 20.1. The summed E-state index contributed by atoms with van der Waals surface area (Å²) in [6.45, 7) is 2.82. The number of carbonyl (C=O) groups excluding carboxylic acids is 1. The van der Waals surface area contributed by atoms with E-state index in [2.05, 4.69) is 25.7 Å². The molecule has 2 N–H and O–H groups in total. The van der Waals surface area contributed by atoms with Crippen LogP contribution in [-0.4, -0.2) is 32.2 Å². The number of carbonyl (C=O) groups is 1. The van der Waals surface area contributed by atoms with Crippen LogP contribution in [0.4, 0.5) is 11.8 Å². The predicted octanol–water partition coefficient (Wildman–Crippen LogP) is 1.94. The Balaban J connectivity index is 2.11. The molecule has 8 heteroatoms. The SMILES string of the molecule is CCCNc1ncc(C(=O)Nc2ncnn2C)cc1Cl. The lowest BCUT2D eigenvalue weighted by atomic mass is 10.2. The van der Waals surface area contributed by atoms with Crippen LogP contribution in [0.1, 0.15) is 23.7 Å². The van der Waals surface area contributed by atoms with Crippen LogP contribution < -0.4 is 10.6 Å². The fourth-order valence-electron chi connectivity index (χ4n) is 1.52. The number of nitrogens with zero attached hydrogens (tertiary/aromatic N) is 4. The van der Waals surface area contributed by atoms with Gasteiger partial charge in [0, 0.05) is 19.8 Å². The molecular formula is C12H15ClN6O. The van der Waals surface area contributed by atoms with Crippen molar-refractivity contribution < 1.29 is 4.79 Å². The first kappa shape index (κ1) is 14.3. The lowest BCUT2D eigenvalue weighted by molar-refractivity contribution is 0.102. The maximum absolute atomic E-state index is 12.0. The summed E-state index contributed by atoms with van der Waals surface area (Å²) < 4.78 is 1.46. The van der Waals surface area contributed by atoms with Crippen molar-refractivity contribution in [1.82, 2.24) is 19.7 Å². The molecule has 0 aromatic carbocycles. The van der Waals surface area contributed by atoms with E-state index in [9.17, 15) is 4.79 Å². The van der Waals surface area contributed by atoms with Crippen molar-refractivity contribution in [2.75, 3.05) is 17.2 Å². The monoisotopic (exact) mass is 294 g/mol. The van der Waals surface area contributed by atoms with E-state index in [-0.39, 0.29) is 5.91 Å². The second-order valence-electron chi connectivity index (χ2n) is 4.14. The van der Waals surface area contributed by atoms with E-state index in [1.807, 2.05) is 6.92 Å². The number of amides is 1. The molecular weight excluding hydrogens is 280 g/mol. The van der Waals surface area contributed by atoms with Crippen LogP contribution in [0.3, 0.4) is 0 Å². The van der Waals surface area contributed by atoms with Crippen molar-refractivity contribution in [2.45, 2.75) is 13.3 Å². The van der Waals surface area contributed by atoms with Gasteiger partial charge in [-0.2, -0.15) is 10.1 Å². The lowest BCUT2D eigenvalue weighted by Gasteiger charge is -2.08. The summed E-state index contributed by atoms with van der Waals surface area (Å²) in [5, 5.41) is 9.98. The highest BCUT2D eigenvalue weighted by Gasteiger charge is 2.12. The highest BCUT2D eigenvalue weighted by molar-refractivity contribution is 6.33. The van der Waals surface area contributed by atoms with Crippen LogP contribution >= 0.6 is 11.6 Å². The number of halogens is 1. The minimum Gasteiger partial charge on any atom is -0.369 e. The van der Waals surface area contributed by atoms with E-state index in [0.717, 1.165) is 13.0 Å². The van der Waals surface area contributed by atoms with Gasteiger partial charge in [-0.05, 0) is 12.5 Å². The number of anilines is 2. The smallest absolute Gasteiger partial charge is 0.259 e. The number of rotatable bonds is 5. The molecule has 0 saturated carbocycles. The van der Waals surface area contributed by atoms with Crippen LogP contribution in [0.15, 0.2) is 18.6 Å². The van der Waals surface area contributed by atoms with Gasteiger partial charge in [0.25, 0.3) is 5.91 Å². The van der Waals surface area contributed by atoms with Gasteiger partial charge in [0.1, 0.15) is 12.1 Å². The summed E-state index contributed by atoms with van der Waals surface area (Å²) in [7, 11) is 1.69. The van der Waals surface area contributed by atoms with Gasteiger partial charge in [0.05, 0.1) is 10.6 Å². The van der Waals surface area contributed by atoms with Crippen molar-refractivity contribution >= 4 is 29.3 Å². The third-order valence-electron chi connectivity index (χ3n) is 2.58. The molecule has 2 aromatic rings. The molecule has 0 saturated heterocycles. The van der Waals surface area contributed by atoms with Crippen LogP contribution in [0.5, 0.6) is 0 Å². The second kappa shape index (κ2) is 6.33. The lowest BCUT2D eigenvalue weighted by Crippen LogP contribution is -2.16. The minimum absolute atomic E-state index is 0.336. The second-order valence-corrected chi connectivity index (χ2v) is 4.55. The Morgan fingerprint density at radius 1 is 1.45 bits per heavy atom. The minimum atomic E-state index is -0.336. The first-order chi connectivity index (χ1) is 9.61. The van der Waals surface area contributed by atoms with Gasteiger partial charge < -0.3 is 5.32 Å². The largest absolute Gasteiger partial charge is 0.369 e. The first-order valence-corrected chi connectivity index (χ1v) is 6.54. The molecule has 2 rings (SSSR count). The van der Waals surface area contributed by atoms with Crippen molar-refractivity contribution in [1.29, 1.82) is 0 Å². The zero-order chi connectivity index (χ0) is 14.5. The van der Waals surface area contributed by atoms with Gasteiger partial charge in [-0.1, -0.05) is 18.5 Å². The Morgan fingerprint density at radius 3 is 2.85 bits per heavy atom. The maximum Gasteiger partial charge on any atom is 0.259 e. The average Bonchev–Trinajstić information content (AvgIpc) is 2.83. The van der Waals surface area contributed by atoms with Gasteiger partial charge in [0.15, 0.2) is 0 Å². The van der Waals surface area contributed by atoms with Crippen molar-refractivity contribution in [3.05, 3.63) is 29.2 Å². The van der Waals surface area contributed by atoms with E-state index in [1.54, 1.807) is 13.1 Å². The molecule has 1 amide bonds. The predicted molar refractivity (Wildman–Crippen MR) is 77.0 cm³/mol. The highest BCUT2D eigenvalue weighted by atomic mass is 35.5. The van der Waals surface area contributed by atoms with Gasteiger partial charge in [0.2, 0.25) is 5.95 Å². The van der Waals surface area contributed by atoms with E-state index < -0.39 is 0 Å². The molecule has 0 fully saturated rings. The fourth-order valence-corrected chi connectivity index (χ4v) is 1.75. The van der Waals surface area contributed by atoms with E-state index >= 15 is 0 Å². The van der Waals surface area contributed by atoms with Crippen LogP contribution in [0, 0.1) is 0 Å². The molecule has 106 valence electrons. The van der Waals surface area contributed by atoms with Crippen molar-refractivity contribution in [3.63, 3.8) is 0 Å². The Bertz CT molecular complexity index is 612. The molecule has 7 nitrogen and oxygen atoms in total. The molecule has 2 aromatic heterocycles. The molecule has 0 radical (unpaired) electrons.